The normalized spacial score (nSPS) is 18.2. The molecular weight excluding hydrogens is 194 g/mol. The van der Waals surface area contributed by atoms with Gasteiger partial charge in [0.05, 0.1) is 0 Å². The van der Waals surface area contributed by atoms with Crippen molar-refractivity contribution in [2.75, 3.05) is 0 Å². The molecule has 1 aromatic heterocycles. The molecule has 1 aliphatic rings. The van der Waals surface area contributed by atoms with Gasteiger partial charge in [0.15, 0.2) is 0 Å². The molecule has 1 radical (unpaired) electrons. The third-order valence-corrected chi connectivity index (χ3v) is 3.53. The van der Waals surface area contributed by atoms with Crippen LogP contribution in [0.3, 0.4) is 0 Å². The van der Waals surface area contributed by atoms with Crippen LogP contribution in [0.5, 0.6) is 0 Å². The highest BCUT2D eigenvalue weighted by Gasteiger charge is 2.12. The van der Waals surface area contributed by atoms with Gasteiger partial charge in [-0.15, -0.1) is 0 Å². The minimum Gasteiger partial charge on any atom is -0.264 e. The second-order valence-electron chi connectivity index (χ2n) is 4.88. The first kappa shape index (κ1) is 11.6. The van der Waals surface area contributed by atoms with Crippen LogP contribution in [0.25, 0.3) is 0 Å². The molecule has 87 valence electrons. The maximum Gasteiger partial charge on any atom is 0.0299 e. The average molecular weight is 216 g/mol. The minimum atomic E-state index is 1.19. The van der Waals surface area contributed by atoms with Crippen LogP contribution >= 0.6 is 0 Å². The molecule has 0 aromatic carbocycles. The zero-order valence-electron chi connectivity index (χ0n) is 10.1. The minimum absolute atomic E-state index is 1.19. The molecule has 1 aliphatic carbocycles. The summed E-state index contributed by atoms with van der Waals surface area (Å²) in [6, 6.07) is 4.22. The quantitative estimate of drug-likeness (QED) is 0.682. The van der Waals surface area contributed by atoms with Crippen molar-refractivity contribution in [1.29, 1.82) is 0 Å². The lowest BCUT2D eigenvalue weighted by Gasteiger charge is -2.12. The summed E-state index contributed by atoms with van der Waals surface area (Å²) in [6.45, 7) is 0. The van der Waals surface area contributed by atoms with Gasteiger partial charge in [-0.25, -0.2) is 0 Å². The Labute approximate surface area is 99.3 Å². The van der Waals surface area contributed by atoms with E-state index in [9.17, 15) is 0 Å². The molecule has 1 fully saturated rings. The predicted octanol–water partition coefficient (Wildman–Crippen LogP) is 4.33. The van der Waals surface area contributed by atoms with Crippen LogP contribution in [0.1, 0.15) is 56.9 Å². The van der Waals surface area contributed by atoms with E-state index in [-0.39, 0.29) is 0 Å². The number of hydrogen-bond donors (Lipinski definition) is 0. The number of rotatable bonds is 4. The molecule has 0 saturated heterocycles. The average Bonchev–Trinajstić information content (AvgIpc) is 2.59. The van der Waals surface area contributed by atoms with Crippen LogP contribution in [-0.4, -0.2) is 4.98 Å². The molecule has 0 amide bonds. The van der Waals surface area contributed by atoms with Gasteiger partial charge in [-0.1, -0.05) is 31.7 Å². The van der Waals surface area contributed by atoms with Gasteiger partial charge in [0.25, 0.3) is 0 Å². The van der Waals surface area contributed by atoms with Gasteiger partial charge in [0.2, 0.25) is 0 Å². The number of hydrogen-bond acceptors (Lipinski definition) is 1. The van der Waals surface area contributed by atoms with Crippen molar-refractivity contribution in [3.8, 4) is 0 Å². The highest BCUT2D eigenvalue weighted by atomic mass is 14.6. The summed E-state index contributed by atoms with van der Waals surface area (Å²) in [5.74, 6) is 1.82. The Morgan fingerprint density at radius 1 is 1.00 bits per heavy atom. The lowest BCUT2D eigenvalue weighted by molar-refractivity contribution is 0.629. The van der Waals surface area contributed by atoms with Gasteiger partial charge in [-0.2, -0.15) is 0 Å². The molecule has 0 bridgehead atoms. The highest BCUT2D eigenvalue weighted by molar-refractivity contribution is 5.08. The van der Waals surface area contributed by atoms with Gasteiger partial charge in [-0.05, 0) is 49.7 Å². The smallest absolute Gasteiger partial charge is 0.0299 e. The van der Waals surface area contributed by atoms with Crippen molar-refractivity contribution in [3.05, 3.63) is 36.0 Å². The molecule has 1 aromatic rings. The van der Waals surface area contributed by atoms with E-state index in [0.717, 1.165) is 0 Å². The molecule has 2 rings (SSSR count). The summed E-state index contributed by atoms with van der Waals surface area (Å²) in [7, 11) is 0. The van der Waals surface area contributed by atoms with Crippen LogP contribution in [0.2, 0.25) is 0 Å². The number of aryl methyl sites for hydroxylation is 1. The third-order valence-electron chi connectivity index (χ3n) is 3.53. The third kappa shape index (κ3) is 3.96. The molecule has 0 aliphatic heterocycles. The zero-order chi connectivity index (χ0) is 11.1. The first-order chi connectivity index (χ1) is 7.95. The zero-order valence-corrected chi connectivity index (χ0v) is 10.1. The van der Waals surface area contributed by atoms with Crippen molar-refractivity contribution >= 4 is 0 Å². The van der Waals surface area contributed by atoms with Crippen molar-refractivity contribution in [3.63, 3.8) is 0 Å². The maximum atomic E-state index is 4.16. The summed E-state index contributed by atoms with van der Waals surface area (Å²) in [6.07, 6.45) is 16.2. The van der Waals surface area contributed by atoms with Gasteiger partial charge >= 0.3 is 0 Å². The van der Waals surface area contributed by atoms with Crippen LogP contribution in [0.4, 0.5) is 0 Å². The molecule has 1 saturated carbocycles. The largest absolute Gasteiger partial charge is 0.264 e. The summed E-state index contributed by atoms with van der Waals surface area (Å²) in [5.41, 5.74) is 1.39. The first-order valence-corrected chi connectivity index (χ1v) is 6.67. The molecule has 1 nitrogen and oxygen atoms in total. The molecule has 1 heteroatoms. The fourth-order valence-corrected chi connectivity index (χ4v) is 2.57. The predicted molar refractivity (Wildman–Crippen MR) is 68.1 cm³/mol. The van der Waals surface area contributed by atoms with E-state index in [1.807, 2.05) is 24.4 Å². The Morgan fingerprint density at radius 3 is 2.50 bits per heavy atom. The number of aromatic nitrogens is 1. The summed E-state index contributed by atoms with van der Waals surface area (Å²) < 4.78 is 0. The lowest BCUT2D eigenvalue weighted by atomic mass is 9.93. The van der Waals surface area contributed by atoms with E-state index in [4.69, 9.17) is 0 Å². The van der Waals surface area contributed by atoms with E-state index in [0.29, 0.717) is 0 Å². The standard InChI is InChI=1S/C15H22N/c1-2-4-8-14(7-3-1)9-5-10-15-11-6-12-16-13-15/h6,11-13H,1-5,7-10H2. The molecule has 16 heavy (non-hydrogen) atoms. The maximum absolute atomic E-state index is 4.16. The lowest BCUT2D eigenvalue weighted by Crippen LogP contribution is -1.97. The Hall–Kier alpha value is -0.850. The second-order valence-corrected chi connectivity index (χ2v) is 4.88. The van der Waals surface area contributed by atoms with Crippen LogP contribution < -0.4 is 0 Å². The first-order valence-electron chi connectivity index (χ1n) is 6.67. The van der Waals surface area contributed by atoms with Crippen LogP contribution in [-0.2, 0) is 6.42 Å². The van der Waals surface area contributed by atoms with E-state index in [2.05, 4.69) is 11.1 Å². The Bertz CT molecular complexity index is 273. The van der Waals surface area contributed by atoms with E-state index in [1.54, 1.807) is 0 Å². The van der Waals surface area contributed by atoms with Crippen LogP contribution in [0.15, 0.2) is 24.5 Å². The van der Waals surface area contributed by atoms with Crippen LogP contribution in [0, 0.1) is 5.92 Å². The molecule has 1 heterocycles. The fraction of sp³-hybridized carbons (Fsp3) is 0.600. The van der Waals surface area contributed by atoms with Gasteiger partial charge < -0.3 is 0 Å². The molecule has 0 atom stereocenters. The monoisotopic (exact) mass is 216 g/mol. The Morgan fingerprint density at radius 2 is 1.81 bits per heavy atom. The summed E-state index contributed by atoms with van der Waals surface area (Å²) in [5, 5.41) is 0. The van der Waals surface area contributed by atoms with E-state index < -0.39 is 0 Å². The second kappa shape index (κ2) is 6.67. The number of pyridine rings is 1. The van der Waals surface area contributed by atoms with Crippen molar-refractivity contribution in [2.24, 2.45) is 0 Å². The Kier molecular flexibility index (Phi) is 4.85. The van der Waals surface area contributed by atoms with Gasteiger partial charge in [0.1, 0.15) is 0 Å². The van der Waals surface area contributed by atoms with E-state index in [1.165, 1.54) is 63.4 Å². The van der Waals surface area contributed by atoms with Gasteiger partial charge in [0, 0.05) is 12.4 Å². The fourth-order valence-electron chi connectivity index (χ4n) is 2.57. The SMILES string of the molecule is c1cncc(CCC[C]2CCCCCC2)c1. The molecule has 0 N–H and O–H groups in total. The molecule has 0 unspecified atom stereocenters. The molecule has 0 spiro atoms. The number of nitrogens with zero attached hydrogens (tertiary/aromatic N) is 1. The highest BCUT2D eigenvalue weighted by Crippen LogP contribution is 2.28. The van der Waals surface area contributed by atoms with Gasteiger partial charge in [-0.3, -0.25) is 4.98 Å². The topological polar surface area (TPSA) is 12.9 Å². The Balaban J connectivity index is 1.67. The van der Waals surface area contributed by atoms with E-state index >= 15 is 0 Å². The van der Waals surface area contributed by atoms with Crippen molar-refractivity contribution in [2.45, 2.75) is 57.8 Å². The van der Waals surface area contributed by atoms with Crippen molar-refractivity contribution < 1.29 is 0 Å². The molecular formula is C15H22N. The summed E-state index contributed by atoms with van der Waals surface area (Å²) in [4.78, 5) is 4.16. The summed E-state index contributed by atoms with van der Waals surface area (Å²) >= 11 is 0. The van der Waals surface area contributed by atoms with Crippen molar-refractivity contribution in [1.82, 2.24) is 4.98 Å².